The van der Waals surface area contributed by atoms with Gasteiger partial charge in [0, 0.05) is 17.4 Å². The lowest BCUT2D eigenvalue weighted by Gasteiger charge is -2.15. The molecule has 0 aliphatic rings. The van der Waals surface area contributed by atoms with Crippen LogP contribution in [0.2, 0.25) is 0 Å². The summed E-state index contributed by atoms with van der Waals surface area (Å²) in [4.78, 5) is 11.8. The topological polar surface area (TPSA) is 58.9 Å². The predicted octanol–water partition coefficient (Wildman–Crippen LogP) is 7.50. The second-order valence-electron chi connectivity index (χ2n) is 9.96. The molecule has 0 unspecified atom stereocenters. The van der Waals surface area contributed by atoms with Crippen molar-refractivity contribution < 1.29 is 23.7 Å². The van der Waals surface area contributed by atoms with Gasteiger partial charge in [-0.05, 0) is 91.6 Å². The molecule has 0 aliphatic carbocycles. The Hall–Kier alpha value is -4.71. The lowest BCUT2D eigenvalue weighted by Crippen LogP contribution is -2.15. The Morgan fingerprint density at radius 2 is 1.59 bits per heavy atom. The fourth-order valence-electron chi connectivity index (χ4n) is 5.07. The Morgan fingerprint density at radius 3 is 2.32 bits per heavy atom. The highest BCUT2D eigenvalue weighted by atomic mass is 16.6. The molecule has 1 aromatic heterocycles. The van der Waals surface area contributed by atoms with Crippen molar-refractivity contribution in [3.63, 3.8) is 0 Å². The zero-order valence-corrected chi connectivity index (χ0v) is 24.0. The average molecular weight is 550 g/mol. The first kappa shape index (κ1) is 27.8. The van der Waals surface area contributed by atoms with Crippen LogP contribution in [0.3, 0.4) is 0 Å². The molecule has 0 atom stereocenters. The number of methoxy groups -OCH3 is 1. The van der Waals surface area contributed by atoms with Crippen LogP contribution in [0.4, 0.5) is 0 Å². The molecular weight excluding hydrogens is 514 g/mol. The van der Waals surface area contributed by atoms with Crippen molar-refractivity contribution in [2.45, 2.75) is 33.9 Å². The first-order chi connectivity index (χ1) is 20.0. The number of esters is 1. The molecule has 5 rings (SSSR count). The van der Waals surface area contributed by atoms with Crippen molar-refractivity contribution in [1.29, 1.82) is 0 Å². The summed E-state index contributed by atoms with van der Waals surface area (Å²) in [6.45, 7) is 7.37. The molecular formula is C35H35NO5. The third-order valence-electron chi connectivity index (χ3n) is 7.07. The largest absolute Gasteiger partial charge is 0.493 e. The van der Waals surface area contributed by atoms with Gasteiger partial charge in [-0.15, -0.1) is 0 Å². The first-order valence-corrected chi connectivity index (χ1v) is 13.8. The van der Waals surface area contributed by atoms with Gasteiger partial charge in [0.25, 0.3) is 0 Å². The highest BCUT2D eigenvalue weighted by Gasteiger charge is 2.18. The number of carbonyl (C=O) groups is 1. The minimum Gasteiger partial charge on any atom is -0.493 e. The molecule has 0 spiro atoms. The van der Waals surface area contributed by atoms with Crippen LogP contribution in [0.25, 0.3) is 22.2 Å². The summed E-state index contributed by atoms with van der Waals surface area (Å²) in [5.41, 5.74) is 8.06. The highest BCUT2D eigenvalue weighted by molar-refractivity contribution is 5.92. The van der Waals surface area contributed by atoms with E-state index in [1.54, 1.807) is 14.0 Å². The van der Waals surface area contributed by atoms with Gasteiger partial charge in [-0.2, -0.15) is 0 Å². The first-order valence-electron chi connectivity index (χ1n) is 13.8. The van der Waals surface area contributed by atoms with E-state index in [2.05, 4.69) is 60.9 Å². The molecule has 6 heteroatoms. The SMILES string of the molecule is CCOC(=O)COc1ccc(Cn2c(-c3ccc(OCc4ccccc4)cc3)c(C)c3cc(C)ccc32)cc1OC. The van der Waals surface area contributed by atoms with Crippen LogP contribution < -0.4 is 14.2 Å². The summed E-state index contributed by atoms with van der Waals surface area (Å²) in [5, 5.41) is 1.23. The summed E-state index contributed by atoms with van der Waals surface area (Å²) >= 11 is 0. The standard InChI is InChI=1S/C35H35NO5/c1-5-39-34(37)23-41-32-18-12-27(20-33(32)38-4)21-36-31-17-11-24(2)19-30(31)25(3)35(36)28-13-15-29(16-14-28)40-22-26-9-7-6-8-10-26/h6-20H,5,21-23H2,1-4H3. The van der Waals surface area contributed by atoms with Crippen LogP contribution in [-0.4, -0.2) is 30.9 Å². The highest BCUT2D eigenvalue weighted by Crippen LogP contribution is 2.36. The predicted molar refractivity (Wildman–Crippen MR) is 162 cm³/mol. The normalized spacial score (nSPS) is 10.9. The Labute approximate surface area is 241 Å². The summed E-state index contributed by atoms with van der Waals surface area (Å²) in [6.07, 6.45) is 0. The maximum Gasteiger partial charge on any atom is 0.344 e. The average Bonchev–Trinajstić information content (AvgIpc) is 3.26. The zero-order chi connectivity index (χ0) is 28.8. The fourth-order valence-corrected chi connectivity index (χ4v) is 5.07. The van der Waals surface area contributed by atoms with Crippen molar-refractivity contribution in [2.75, 3.05) is 20.3 Å². The van der Waals surface area contributed by atoms with Crippen molar-refractivity contribution in [3.8, 4) is 28.5 Å². The lowest BCUT2D eigenvalue weighted by molar-refractivity contribution is -0.145. The molecule has 0 fully saturated rings. The van der Waals surface area contributed by atoms with Gasteiger partial charge in [-0.1, -0.05) is 48.0 Å². The van der Waals surface area contributed by atoms with E-state index in [1.165, 1.54) is 16.5 Å². The van der Waals surface area contributed by atoms with Crippen LogP contribution >= 0.6 is 0 Å². The molecule has 5 aromatic rings. The summed E-state index contributed by atoms with van der Waals surface area (Å²) < 4.78 is 24.6. The Balaban J connectivity index is 1.45. The number of aromatic nitrogens is 1. The molecule has 1 heterocycles. The Morgan fingerprint density at radius 1 is 0.805 bits per heavy atom. The van der Waals surface area contributed by atoms with E-state index in [1.807, 2.05) is 48.5 Å². The number of benzene rings is 4. The van der Waals surface area contributed by atoms with Gasteiger partial charge in [0.2, 0.25) is 0 Å². The van der Waals surface area contributed by atoms with Crippen molar-refractivity contribution in [3.05, 3.63) is 113 Å². The van der Waals surface area contributed by atoms with Gasteiger partial charge < -0.3 is 23.5 Å². The van der Waals surface area contributed by atoms with Crippen LogP contribution in [-0.2, 0) is 22.7 Å². The summed E-state index contributed by atoms with van der Waals surface area (Å²) in [6, 6.07) is 30.9. The number of hydrogen-bond acceptors (Lipinski definition) is 5. The quantitative estimate of drug-likeness (QED) is 0.160. The number of carbonyl (C=O) groups excluding carboxylic acids is 1. The maximum absolute atomic E-state index is 11.8. The number of ether oxygens (including phenoxy) is 4. The molecule has 4 aromatic carbocycles. The van der Waals surface area contributed by atoms with E-state index in [-0.39, 0.29) is 6.61 Å². The summed E-state index contributed by atoms with van der Waals surface area (Å²) in [7, 11) is 1.60. The monoisotopic (exact) mass is 549 g/mol. The van der Waals surface area contributed by atoms with Gasteiger partial charge in [-0.3, -0.25) is 0 Å². The minimum atomic E-state index is -0.413. The number of nitrogens with zero attached hydrogens (tertiary/aromatic N) is 1. The minimum absolute atomic E-state index is 0.167. The third-order valence-corrected chi connectivity index (χ3v) is 7.07. The molecule has 210 valence electrons. The Bertz CT molecular complexity index is 1640. The van der Waals surface area contributed by atoms with Crippen molar-refractivity contribution >= 4 is 16.9 Å². The zero-order valence-electron chi connectivity index (χ0n) is 24.0. The van der Waals surface area contributed by atoms with Crippen LogP contribution in [0, 0.1) is 13.8 Å². The van der Waals surface area contributed by atoms with Gasteiger partial charge >= 0.3 is 5.97 Å². The van der Waals surface area contributed by atoms with Crippen LogP contribution in [0.1, 0.15) is 29.2 Å². The van der Waals surface area contributed by atoms with E-state index in [4.69, 9.17) is 18.9 Å². The van der Waals surface area contributed by atoms with E-state index in [9.17, 15) is 4.79 Å². The molecule has 0 bridgehead atoms. The molecule has 0 radical (unpaired) electrons. The second kappa shape index (κ2) is 12.6. The summed E-state index contributed by atoms with van der Waals surface area (Å²) in [5.74, 6) is 1.48. The molecule has 6 nitrogen and oxygen atoms in total. The van der Waals surface area contributed by atoms with Crippen molar-refractivity contribution in [2.24, 2.45) is 0 Å². The molecule has 0 N–H and O–H groups in total. The van der Waals surface area contributed by atoms with Gasteiger partial charge in [-0.25, -0.2) is 4.79 Å². The maximum atomic E-state index is 11.8. The number of fused-ring (bicyclic) bond motifs is 1. The molecule has 41 heavy (non-hydrogen) atoms. The molecule has 0 saturated heterocycles. The smallest absolute Gasteiger partial charge is 0.344 e. The molecule has 0 saturated carbocycles. The van der Waals surface area contributed by atoms with E-state index >= 15 is 0 Å². The van der Waals surface area contributed by atoms with Gasteiger partial charge in [0.1, 0.15) is 12.4 Å². The molecule has 0 aliphatic heterocycles. The second-order valence-corrected chi connectivity index (χ2v) is 9.96. The molecule has 0 amide bonds. The number of rotatable bonds is 11. The van der Waals surface area contributed by atoms with E-state index in [0.717, 1.165) is 33.7 Å². The van der Waals surface area contributed by atoms with Gasteiger partial charge in [0.15, 0.2) is 18.1 Å². The number of hydrogen-bond donors (Lipinski definition) is 0. The Kier molecular flexibility index (Phi) is 8.59. The van der Waals surface area contributed by atoms with Gasteiger partial charge in [0.05, 0.1) is 19.4 Å². The van der Waals surface area contributed by atoms with E-state index < -0.39 is 5.97 Å². The number of aryl methyl sites for hydroxylation is 2. The van der Waals surface area contributed by atoms with Crippen LogP contribution in [0.5, 0.6) is 17.2 Å². The van der Waals surface area contributed by atoms with Crippen molar-refractivity contribution in [1.82, 2.24) is 4.57 Å². The van der Waals surface area contributed by atoms with E-state index in [0.29, 0.717) is 31.3 Å². The van der Waals surface area contributed by atoms with Crippen LogP contribution in [0.15, 0.2) is 91.0 Å². The fraction of sp³-hybridized carbons (Fsp3) is 0.229. The third kappa shape index (κ3) is 6.38. The lowest BCUT2D eigenvalue weighted by atomic mass is 10.1.